The number of hydrogen-bond acceptors (Lipinski definition) is 6. The SMILES string of the molecule is COc1cc(CNS(=O)(=O)c2ccc(C)cc2)ccc1OCc1cn(-c2ccc(Cl)cc2)nn1. The third-order valence-corrected chi connectivity index (χ3v) is 6.70. The van der Waals surface area contributed by atoms with Gasteiger partial charge in [0.15, 0.2) is 11.5 Å². The van der Waals surface area contributed by atoms with E-state index < -0.39 is 10.0 Å². The van der Waals surface area contributed by atoms with Crippen molar-refractivity contribution in [1.29, 1.82) is 0 Å². The van der Waals surface area contributed by atoms with E-state index in [0.717, 1.165) is 16.8 Å². The zero-order chi connectivity index (χ0) is 24.1. The predicted octanol–water partition coefficient (Wildman–Crippen LogP) is 4.30. The first-order chi connectivity index (χ1) is 16.3. The molecule has 10 heteroatoms. The van der Waals surface area contributed by atoms with E-state index >= 15 is 0 Å². The Morgan fingerprint density at radius 1 is 1.00 bits per heavy atom. The van der Waals surface area contributed by atoms with Gasteiger partial charge < -0.3 is 9.47 Å². The number of aromatic nitrogens is 3. The Morgan fingerprint density at radius 2 is 1.74 bits per heavy atom. The molecule has 4 aromatic rings. The predicted molar refractivity (Wildman–Crippen MR) is 129 cm³/mol. The van der Waals surface area contributed by atoms with Crippen molar-refractivity contribution in [3.63, 3.8) is 0 Å². The first-order valence-corrected chi connectivity index (χ1v) is 12.2. The molecule has 34 heavy (non-hydrogen) atoms. The van der Waals surface area contributed by atoms with Crippen molar-refractivity contribution < 1.29 is 17.9 Å². The third-order valence-electron chi connectivity index (χ3n) is 5.03. The summed E-state index contributed by atoms with van der Waals surface area (Å²) in [5, 5.41) is 8.88. The molecule has 4 rings (SSSR count). The van der Waals surface area contributed by atoms with Gasteiger partial charge in [0.2, 0.25) is 10.0 Å². The molecule has 0 saturated heterocycles. The lowest BCUT2D eigenvalue weighted by Gasteiger charge is -2.12. The summed E-state index contributed by atoms with van der Waals surface area (Å²) in [7, 11) is -2.09. The Labute approximate surface area is 203 Å². The van der Waals surface area contributed by atoms with Crippen LogP contribution in [0.4, 0.5) is 0 Å². The monoisotopic (exact) mass is 498 g/mol. The lowest BCUT2D eigenvalue weighted by Crippen LogP contribution is -2.23. The molecule has 0 amide bonds. The molecule has 0 saturated carbocycles. The van der Waals surface area contributed by atoms with Crippen molar-refractivity contribution in [2.75, 3.05) is 7.11 Å². The third kappa shape index (κ3) is 5.74. The number of nitrogens with one attached hydrogen (secondary N) is 1. The van der Waals surface area contributed by atoms with Gasteiger partial charge in [-0.15, -0.1) is 5.10 Å². The molecule has 0 radical (unpaired) electrons. The number of nitrogens with zero attached hydrogens (tertiary/aromatic N) is 3. The first-order valence-electron chi connectivity index (χ1n) is 10.4. The number of hydrogen-bond donors (Lipinski definition) is 1. The van der Waals surface area contributed by atoms with Crippen LogP contribution < -0.4 is 14.2 Å². The van der Waals surface area contributed by atoms with Crippen LogP contribution in [0.2, 0.25) is 5.02 Å². The number of benzene rings is 3. The van der Waals surface area contributed by atoms with Crippen LogP contribution in [0.25, 0.3) is 5.69 Å². The number of sulfonamides is 1. The molecule has 0 fully saturated rings. The maximum Gasteiger partial charge on any atom is 0.240 e. The highest BCUT2D eigenvalue weighted by Gasteiger charge is 2.14. The highest BCUT2D eigenvalue weighted by Crippen LogP contribution is 2.29. The Kier molecular flexibility index (Phi) is 7.16. The van der Waals surface area contributed by atoms with Gasteiger partial charge in [-0.1, -0.05) is 40.6 Å². The van der Waals surface area contributed by atoms with E-state index in [0.29, 0.717) is 22.2 Å². The first kappa shape index (κ1) is 23.7. The second kappa shape index (κ2) is 10.3. The van der Waals surface area contributed by atoms with E-state index in [2.05, 4.69) is 15.0 Å². The molecule has 0 unspecified atom stereocenters. The molecule has 1 aromatic heterocycles. The molecule has 0 bridgehead atoms. The standard InChI is InChI=1S/C24H23ClN4O4S/c1-17-3-10-22(11-4-17)34(30,31)26-14-18-5-12-23(24(13-18)32-2)33-16-20-15-29(28-27-20)21-8-6-19(25)7-9-21/h3-13,15,26H,14,16H2,1-2H3. The molecule has 0 spiro atoms. The molecular formula is C24H23ClN4O4S. The largest absolute Gasteiger partial charge is 0.493 e. The van der Waals surface area contributed by atoms with E-state index in [4.69, 9.17) is 21.1 Å². The van der Waals surface area contributed by atoms with E-state index in [1.54, 1.807) is 65.5 Å². The molecule has 0 aliphatic heterocycles. The Hall–Kier alpha value is -3.40. The maximum atomic E-state index is 12.5. The zero-order valence-electron chi connectivity index (χ0n) is 18.6. The second-order valence-electron chi connectivity index (χ2n) is 7.54. The molecule has 8 nitrogen and oxygen atoms in total. The molecule has 0 aliphatic carbocycles. The van der Waals surface area contributed by atoms with E-state index in [-0.39, 0.29) is 18.0 Å². The van der Waals surface area contributed by atoms with Crippen LogP contribution in [0.1, 0.15) is 16.8 Å². The summed E-state index contributed by atoms with van der Waals surface area (Å²) in [5.74, 6) is 0.991. The van der Waals surface area contributed by atoms with Gasteiger partial charge in [0, 0.05) is 11.6 Å². The summed E-state index contributed by atoms with van der Waals surface area (Å²) < 4.78 is 40.6. The number of halogens is 1. The lowest BCUT2D eigenvalue weighted by atomic mass is 10.2. The average Bonchev–Trinajstić information content (AvgIpc) is 3.31. The van der Waals surface area contributed by atoms with E-state index in [1.165, 1.54) is 7.11 Å². The Balaban J connectivity index is 1.39. The maximum absolute atomic E-state index is 12.5. The highest BCUT2D eigenvalue weighted by atomic mass is 35.5. The Bertz CT molecular complexity index is 1370. The van der Waals surface area contributed by atoms with Gasteiger partial charge in [-0.05, 0) is 61.0 Å². The van der Waals surface area contributed by atoms with E-state index in [1.807, 2.05) is 19.1 Å². The van der Waals surface area contributed by atoms with Gasteiger partial charge >= 0.3 is 0 Å². The van der Waals surface area contributed by atoms with Crippen molar-refractivity contribution in [2.24, 2.45) is 0 Å². The summed E-state index contributed by atoms with van der Waals surface area (Å²) in [6.45, 7) is 2.20. The van der Waals surface area contributed by atoms with Gasteiger partial charge in [-0.2, -0.15) is 0 Å². The summed E-state index contributed by atoms with van der Waals surface area (Å²) in [4.78, 5) is 0.219. The van der Waals surface area contributed by atoms with Gasteiger partial charge in [0.05, 0.1) is 23.9 Å². The zero-order valence-corrected chi connectivity index (χ0v) is 20.2. The summed E-state index contributed by atoms with van der Waals surface area (Å²) in [6.07, 6.45) is 1.77. The second-order valence-corrected chi connectivity index (χ2v) is 9.75. The molecular weight excluding hydrogens is 476 g/mol. The van der Waals surface area contributed by atoms with Crippen molar-refractivity contribution in [1.82, 2.24) is 19.7 Å². The van der Waals surface area contributed by atoms with Crippen LogP contribution in [0, 0.1) is 6.92 Å². The van der Waals surface area contributed by atoms with Crippen molar-refractivity contribution in [3.8, 4) is 17.2 Å². The minimum absolute atomic E-state index is 0.113. The molecule has 176 valence electrons. The van der Waals surface area contributed by atoms with Crippen molar-refractivity contribution >= 4 is 21.6 Å². The quantitative estimate of drug-likeness (QED) is 0.370. The fourth-order valence-electron chi connectivity index (χ4n) is 3.16. The normalized spacial score (nSPS) is 11.4. The highest BCUT2D eigenvalue weighted by molar-refractivity contribution is 7.89. The smallest absolute Gasteiger partial charge is 0.240 e. The average molecular weight is 499 g/mol. The molecule has 3 aromatic carbocycles. The van der Waals surface area contributed by atoms with Crippen LogP contribution in [0.3, 0.4) is 0 Å². The van der Waals surface area contributed by atoms with Crippen LogP contribution in [0.5, 0.6) is 11.5 Å². The van der Waals surface area contributed by atoms with Crippen molar-refractivity contribution in [2.45, 2.75) is 25.0 Å². The number of aryl methyl sites for hydroxylation is 1. The number of ether oxygens (including phenoxy) is 2. The van der Waals surface area contributed by atoms with Crippen LogP contribution in [-0.4, -0.2) is 30.5 Å². The molecule has 0 aliphatic rings. The van der Waals surface area contributed by atoms with Gasteiger partial charge in [-0.25, -0.2) is 17.8 Å². The van der Waals surface area contributed by atoms with Gasteiger partial charge in [-0.3, -0.25) is 0 Å². The van der Waals surface area contributed by atoms with Gasteiger partial charge in [0.25, 0.3) is 0 Å². The summed E-state index contributed by atoms with van der Waals surface area (Å²) in [6, 6.07) is 19.2. The van der Waals surface area contributed by atoms with Crippen LogP contribution in [-0.2, 0) is 23.2 Å². The molecule has 0 atom stereocenters. The summed E-state index contributed by atoms with van der Waals surface area (Å²) in [5.41, 5.74) is 3.19. The Morgan fingerprint density at radius 3 is 2.44 bits per heavy atom. The number of rotatable bonds is 9. The summed E-state index contributed by atoms with van der Waals surface area (Å²) >= 11 is 5.93. The fourth-order valence-corrected chi connectivity index (χ4v) is 4.30. The molecule has 1 N–H and O–H groups in total. The molecule has 1 heterocycles. The van der Waals surface area contributed by atoms with Gasteiger partial charge in [0.1, 0.15) is 12.3 Å². The topological polar surface area (TPSA) is 95.3 Å². The van der Waals surface area contributed by atoms with E-state index in [9.17, 15) is 8.42 Å². The van der Waals surface area contributed by atoms with Crippen LogP contribution in [0.15, 0.2) is 77.8 Å². The minimum atomic E-state index is -3.62. The lowest BCUT2D eigenvalue weighted by molar-refractivity contribution is 0.280. The fraction of sp³-hybridized carbons (Fsp3) is 0.167. The number of methoxy groups -OCH3 is 1. The minimum Gasteiger partial charge on any atom is -0.493 e. The van der Waals surface area contributed by atoms with Crippen molar-refractivity contribution in [3.05, 3.63) is 94.8 Å². The van der Waals surface area contributed by atoms with Crippen LogP contribution >= 0.6 is 11.6 Å².